The first-order chi connectivity index (χ1) is 6.09. The molecule has 3 heteroatoms. The van der Waals surface area contributed by atoms with E-state index in [9.17, 15) is 4.79 Å². The minimum absolute atomic E-state index is 0.112. The zero-order chi connectivity index (χ0) is 9.84. The van der Waals surface area contributed by atoms with E-state index in [2.05, 4.69) is 4.98 Å². The van der Waals surface area contributed by atoms with Crippen LogP contribution in [0, 0.1) is 6.92 Å². The van der Waals surface area contributed by atoms with Gasteiger partial charge >= 0.3 is 0 Å². The van der Waals surface area contributed by atoms with Gasteiger partial charge in [-0.05, 0) is 32.6 Å². The minimum atomic E-state index is 0.112. The average molecular weight is 178 g/mol. The van der Waals surface area contributed by atoms with Crippen LogP contribution in [-0.4, -0.2) is 36.3 Å². The summed E-state index contributed by atoms with van der Waals surface area (Å²) in [5.41, 5.74) is 1.71. The number of carbonyl (C=O) groups excluding carboxylic acids is 1. The molecule has 0 unspecified atom stereocenters. The molecule has 0 fully saturated rings. The van der Waals surface area contributed by atoms with E-state index in [0.717, 1.165) is 5.56 Å². The Hall–Kier alpha value is -1.22. The lowest BCUT2D eigenvalue weighted by molar-refractivity contribution is 0.0957. The molecule has 1 rings (SSSR count). The van der Waals surface area contributed by atoms with Gasteiger partial charge in [0.25, 0.3) is 0 Å². The highest BCUT2D eigenvalue weighted by atomic mass is 16.1. The Morgan fingerprint density at radius 3 is 2.69 bits per heavy atom. The van der Waals surface area contributed by atoms with Crippen LogP contribution in [0.15, 0.2) is 18.5 Å². The highest BCUT2D eigenvalue weighted by Crippen LogP contribution is 2.02. The number of aromatic nitrogens is 1. The molecule has 0 saturated heterocycles. The number of likely N-dealkylation sites (N-methyl/N-ethyl adjacent to an activating group) is 1. The highest BCUT2D eigenvalue weighted by molar-refractivity contribution is 5.97. The Balaban J connectivity index is 2.77. The summed E-state index contributed by atoms with van der Waals surface area (Å²) < 4.78 is 0. The van der Waals surface area contributed by atoms with Gasteiger partial charge in [0.05, 0.1) is 6.54 Å². The first kappa shape index (κ1) is 9.86. The van der Waals surface area contributed by atoms with Crippen molar-refractivity contribution >= 4 is 5.78 Å². The van der Waals surface area contributed by atoms with Crippen molar-refractivity contribution in [3.8, 4) is 0 Å². The molecule has 0 radical (unpaired) electrons. The van der Waals surface area contributed by atoms with Crippen molar-refractivity contribution in [3.05, 3.63) is 29.6 Å². The molecule has 0 N–H and O–H groups in total. The van der Waals surface area contributed by atoms with Gasteiger partial charge in [-0.25, -0.2) is 0 Å². The zero-order valence-corrected chi connectivity index (χ0v) is 8.24. The third kappa shape index (κ3) is 2.95. The largest absolute Gasteiger partial charge is 0.302 e. The molecule has 0 aliphatic carbocycles. The third-order valence-electron chi connectivity index (χ3n) is 1.66. The van der Waals surface area contributed by atoms with Crippen LogP contribution in [-0.2, 0) is 0 Å². The van der Waals surface area contributed by atoms with E-state index in [4.69, 9.17) is 0 Å². The molecular formula is C10H14N2O. The molecule has 0 spiro atoms. The van der Waals surface area contributed by atoms with Crippen LogP contribution in [0.5, 0.6) is 0 Å². The summed E-state index contributed by atoms with van der Waals surface area (Å²) in [7, 11) is 3.75. The van der Waals surface area contributed by atoms with Crippen LogP contribution < -0.4 is 0 Å². The maximum Gasteiger partial charge on any atom is 0.178 e. The lowest BCUT2D eigenvalue weighted by Gasteiger charge is -2.07. The minimum Gasteiger partial charge on any atom is -0.302 e. The van der Waals surface area contributed by atoms with Crippen LogP contribution in [0.2, 0.25) is 0 Å². The normalized spacial score (nSPS) is 10.5. The Bertz CT molecular complexity index is 308. The number of aryl methyl sites for hydroxylation is 1. The van der Waals surface area contributed by atoms with E-state index in [-0.39, 0.29) is 5.78 Å². The quantitative estimate of drug-likeness (QED) is 0.651. The van der Waals surface area contributed by atoms with Crippen LogP contribution in [0.25, 0.3) is 0 Å². The fraction of sp³-hybridized carbons (Fsp3) is 0.400. The second-order valence-corrected chi connectivity index (χ2v) is 3.41. The van der Waals surface area contributed by atoms with E-state index in [1.54, 1.807) is 12.4 Å². The number of Topliss-reactive ketones (excluding diaryl/α,β-unsaturated/α-hetero) is 1. The number of ketones is 1. The molecule has 0 aromatic carbocycles. The second kappa shape index (κ2) is 4.14. The summed E-state index contributed by atoms with van der Waals surface area (Å²) in [6, 6.07) is 1.86. The van der Waals surface area contributed by atoms with Crippen molar-refractivity contribution in [1.82, 2.24) is 9.88 Å². The van der Waals surface area contributed by atoms with Gasteiger partial charge in [-0.1, -0.05) is 0 Å². The number of pyridine rings is 1. The number of carbonyl (C=O) groups is 1. The van der Waals surface area contributed by atoms with E-state index in [1.165, 1.54) is 0 Å². The number of hydrogen-bond acceptors (Lipinski definition) is 3. The maximum atomic E-state index is 11.5. The summed E-state index contributed by atoms with van der Waals surface area (Å²) in [5, 5.41) is 0. The molecule has 0 aliphatic heterocycles. The van der Waals surface area contributed by atoms with Crippen molar-refractivity contribution in [2.24, 2.45) is 0 Å². The summed E-state index contributed by atoms with van der Waals surface area (Å²) in [6.07, 6.45) is 3.35. The third-order valence-corrected chi connectivity index (χ3v) is 1.66. The van der Waals surface area contributed by atoms with Crippen molar-refractivity contribution < 1.29 is 4.79 Å². The fourth-order valence-corrected chi connectivity index (χ4v) is 1.09. The van der Waals surface area contributed by atoms with Crippen molar-refractivity contribution in [2.45, 2.75) is 6.92 Å². The average Bonchev–Trinajstić information content (AvgIpc) is 2.03. The molecule has 3 nitrogen and oxygen atoms in total. The number of hydrogen-bond donors (Lipinski definition) is 0. The number of nitrogens with zero attached hydrogens (tertiary/aromatic N) is 2. The van der Waals surface area contributed by atoms with Crippen molar-refractivity contribution in [2.75, 3.05) is 20.6 Å². The zero-order valence-electron chi connectivity index (χ0n) is 8.24. The monoisotopic (exact) mass is 178 g/mol. The van der Waals surface area contributed by atoms with Gasteiger partial charge in [0.2, 0.25) is 0 Å². The first-order valence-corrected chi connectivity index (χ1v) is 4.19. The lowest BCUT2D eigenvalue weighted by atomic mass is 10.1. The fourth-order valence-electron chi connectivity index (χ4n) is 1.09. The van der Waals surface area contributed by atoms with Gasteiger partial charge in [0.1, 0.15) is 0 Å². The van der Waals surface area contributed by atoms with Crippen LogP contribution in [0.4, 0.5) is 0 Å². The predicted octanol–water partition coefficient (Wildman–Crippen LogP) is 1.13. The molecule has 0 saturated carbocycles. The van der Waals surface area contributed by atoms with E-state index >= 15 is 0 Å². The van der Waals surface area contributed by atoms with E-state index < -0.39 is 0 Å². The van der Waals surface area contributed by atoms with Crippen LogP contribution in [0.1, 0.15) is 15.9 Å². The van der Waals surface area contributed by atoms with Crippen molar-refractivity contribution in [1.29, 1.82) is 0 Å². The summed E-state index contributed by atoms with van der Waals surface area (Å²) in [6.45, 7) is 2.37. The topological polar surface area (TPSA) is 33.2 Å². The summed E-state index contributed by atoms with van der Waals surface area (Å²) in [4.78, 5) is 17.4. The lowest BCUT2D eigenvalue weighted by Crippen LogP contribution is -2.21. The number of rotatable bonds is 3. The Kier molecular flexibility index (Phi) is 3.14. The van der Waals surface area contributed by atoms with Crippen molar-refractivity contribution in [3.63, 3.8) is 0 Å². The SMILES string of the molecule is Cc1cncc(C(=O)CN(C)C)c1. The van der Waals surface area contributed by atoms with Gasteiger partial charge in [-0.15, -0.1) is 0 Å². The smallest absolute Gasteiger partial charge is 0.178 e. The first-order valence-electron chi connectivity index (χ1n) is 4.19. The Morgan fingerprint density at radius 1 is 1.46 bits per heavy atom. The highest BCUT2D eigenvalue weighted by Gasteiger charge is 2.06. The van der Waals surface area contributed by atoms with Gasteiger partial charge in [0.15, 0.2) is 5.78 Å². The molecule has 1 heterocycles. The molecule has 13 heavy (non-hydrogen) atoms. The molecule has 1 aromatic heterocycles. The van der Waals surface area contributed by atoms with E-state index in [0.29, 0.717) is 12.1 Å². The van der Waals surface area contributed by atoms with Gasteiger partial charge in [-0.3, -0.25) is 9.78 Å². The molecule has 0 atom stereocenters. The second-order valence-electron chi connectivity index (χ2n) is 3.41. The van der Waals surface area contributed by atoms with Gasteiger partial charge in [-0.2, -0.15) is 0 Å². The van der Waals surface area contributed by atoms with Crippen LogP contribution in [0.3, 0.4) is 0 Å². The molecule has 0 amide bonds. The molecular weight excluding hydrogens is 164 g/mol. The molecule has 70 valence electrons. The standard InChI is InChI=1S/C10H14N2O/c1-8-4-9(6-11-5-8)10(13)7-12(2)3/h4-6H,7H2,1-3H3. The molecule has 1 aromatic rings. The van der Waals surface area contributed by atoms with Gasteiger partial charge < -0.3 is 4.90 Å². The Morgan fingerprint density at radius 2 is 2.15 bits per heavy atom. The van der Waals surface area contributed by atoms with Gasteiger partial charge in [0, 0.05) is 18.0 Å². The van der Waals surface area contributed by atoms with Crippen LogP contribution >= 0.6 is 0 Å². The molecule has 0 aliphatic rings. The molecule has 0 bridgehead atoms. The predicted molar refractivity (Wildman–Crippen MR) is 51.9 cm³/mol. The maximum absolute atomic E-state index is 11.5. The van der Waals surface area contributed by atoms with E-state index in [1.807, 2.05) is 32.0 Å². The summed E-state index contributed by atoms with van der Waals surface area (Å²) in [5.74, 6) is 0.112. The summed E-state index contributed by atoms with van der Waals surface area (Å²) >= 11 is 0. The Labute approximate surface area is 78.4 Å².